The lowest BCUT2D eigenvalue weighted by molar-refractivity contribution is -0.0143. The van der Waals surface area contributed by atoms with Gasteiger partial charge in [-0.3, -0.25) is 14.7 Å². The lowest BCUT2D eigenvalue weighted by Crippen LogP contribution is -2.61. The SMILES string of the molecule is CC(C)(C)N1CCC(CN2CCN(C(C)(C)C)C3(CC3)C2)CC1. The van der Waals surface area contributed by atoms with Crippen molar-refractivity contribution in [3.05, 3.63) is 0 Å². The zero-order valence-corrected chi connectivity index (χ0v) is 16.5. The van der Waals surface area contributed by atoms with Crippen LogP contribution in [0.25, 0.3) is 0 Å². The summed E-state index contributed by atoms with van der Waals surface area (Å²) in [7, 11) is 0. The summed E-state index contributed by atoms with van der Waals surface area (Å²) in [6, 6.07) is 0. The standard InChI is InChI=1S/C20H39N3/c1-18(2,3)22-11-7-17(8-12-22)15-21-13-14-23(19(4,5)6)20(16-21)9-10-20/h17H,7-16H2,1-6H3. The molecule has 1 spiro atoms. The van der Waals surface area contributed by atoms with Gasteiger partial charge in [0, 0.05) is 42.8 Å². The third-order valence-electron chi connectivity index (χ3n) is 6.45. The van der Waals surface area contributed by atoms with Gasteiger partial charge in [-0.2, -0.15) is 0 Å². The van der Waals surface area contributed by atoms with Crippen molar-refractivity contribution in [3.8, 4) is 0 Å². The highest BCUT2D eigenvalue weighted by Gasteiger charge is 2.54. The second kappa shape index (κ2) is 6.00. The molecule has 23 heavy (non-hydrogen) atoms. The summed E-state index contributed by atoms with van der Waals surface area (Å²) < 4.78 is 0. The van der Waals surface area contributed by atoms with Crippen LogP contribution in [0, 0.1) is 5.92 Å². The Morgan fingerprint density at radius 3 is 1.91 bits per heavy atom. The normalized spacial score (nSPS) is 28.4. The summed E-state index contributed by atoms with van der Waals surface area (Å²) in [6.45, 7) is 22.1. The highest BCUT2D eigenvalue weighted by atomic mass is 15.4. The van der Waals surface area contributed by atoms with Crippen LogP contribution in [0.2, 0.25) is 0 Å². The quantitative estimate of drug-likeness (QED) is 0.771. The van der Waals surface area contributed by atoms with Gasteiger partial charge in [-0.25, -0.2) is 0 Å². The molecule has 0 unspecified atom stereocenters. The number of rotatable bonds is 2. The van der Waals surface area contributed by atoms with Crippen molar-refractivity contribution in [2.45, 2.75) is 83.8 Å². The number of likely N-dealkylation sites (tertiary alicyclic amines) is 1. The van der Waals surface area contributed by atoms with Crippen molar-refractivity contribution in [3.63, 3.8) is 0 Å². The molecule has 134 valence electrons. The predicted molar refractivity (Wildman–Crippen MR) is 98.9 cm³/mol. The molecular weight excluding hydrogens is 282 g/mol. The first-order chi connectivity index (χ1) is 10.6. The summed E-state index contributed by atoms with van der Waals surface area (Å²) in [5.41, 5.74) is 1.21. The van der Waals surface area contributed by atoms with Crippen LogP contribution < -0.4 is 0 Å². The van der Waals surface area contributed by atoms with E-state index in [1.165, 1.54) is 65.0 Å². The third-order valence-corrected chi connectivity index (χ3v) is 6.45. The molecule has 3 nitrogen and oxygen atoms in total. The zero-order chi connectivity index (χ0) is 16.9. The molecule has 3 fully saturated rings. The Morgan fingerprint density at radius 1 is 0.826 bits per heavy atom. The van der Waals surface area contributed by atoms with E-state index in [4.69, 9.17) is 0 Å². The van der Waals surface area contributed by atoms with E-state index in [1.54, 1.807) is 0 Å². The fourth-order valence-corrected chi connectivity index (χ4v) is 4.99. The van der Waals surface area contributed by atoms with Gasteiger partial charge in [-0.05, 0) is 86.2 Å². The summed E-state index contributed by atoms with van der Waals surface area (Å²) >= 11 is 0. The van der Waals surface area contributed by atoms with Gasteiger partial charge in [0.05, 0.1) is 0 Å². The van der Waals surface area contributed by atoms with E-state index in [-0.39, 0.29) is 0 Å². The van der Waals surface area contributed by atoms with Gasteiger partial charge >= 0.3 is 0 Å². The van der Waals surface area contributed by atoms with E-state index in [1.807, 2.05) is 0 Å². The molecule has 2 aliphatic heterocycles. The maximum atomic E-state index is 2.80. The number of nitrogens with zero attached hydrogens (tertiary/aromatic N) is 3. The van der Waals surface area contributed by atoms with Gasteiger partial charge in [0.15, 0.2) is 0 Å². The van der Waals surface area contributed by atoms with Crippen LogP contribution >= 0.6 is 0 Å². The number of hydrogen-bond donors (Lipinski definition) is 0. The van der Waals surface area contributed by atoms with E-state index in [2.05, 4.69) is 56.2 Å². The van der Waals surface area contributed by atoms with Gasteiger partial charge in [-0.15, -0.1) is 0 Å². The molecule has 2 heterocycles. The van der Waals surface area contributed by atoms with Crippen LogP contribution in [-0.4, -0.2) is 70.6 Å². The van der Waals surface area contributed by atoms with Crippen molar-refractivity contribution in [2.24, 2.45) is 5.92 Å². The van der Waals surface area contributed by atoms with Gasteiger partial charge in [0.25, 0.3) is 0 Å². The summed E-state index contributed by atoms with van der Waals surface area (Å²) in [5, 5.41) is 0. The van der Waals surface area contributed by atoms with Gasteiger partial charge in [0.2, 0.25) is 0 Å². The molecule has 0 amide bonds. The van der Waals surface area contributed by atoms with E-state index < -0.39 is 0 Å². The van der Waals surface area contributed by atoms with Gasteiger partial charge < -0.3 is 0 Å². The summed E-state index contributed by atoms with van der Waals surface area (Å²) in [6.07, 6.45) is 5.62. The molecule has 0 N–H and O–H groups in total. The minimum atomic E-state index is 0.334. The Bertz CT molecular complexity index is 406. The summed E-state index contributed by atoms with van der Waals surface area (Å²) in [5.74, 6) is 0.922. The van der Waals surface area contributed by atoms with Crippen molar-refractivity contribution >= 4 is 0 Å². The highest BCUT2D eigenvalue weighted by molar-refractivity contribution is 5.11. The number of piperazine rings is 1. The van der Waals surface area contributed by atoms with Gasteiger partial charge in [-0.1, -0.05) is 0 Å². The first kappa shape index (κ1) is 17.7. The molecule has 2 saturated heterocycles. The fraction of sp³-hybridized carbons (Fsp3) is 1.00. The average Bonchev–Trinajstić information content (AvgIpc) is 3.16. The largest absolute Gasteiger partial charge is 0.300 e. The van der Waals surface area contributed by atoms with Crippen molar-refractivity contribution in [2.75, 3.05) is 39.3 Å². The number of piperidine rings is 1. The van der Waals surface area contributed by atoms with Crippen molar-refractivity contribution in [1.82, 2.24) is 14.7 Å². The molecule has 3 aliphatic rings. The van der Waals surface area contributed by atoms with E-state index in [0.717, 1.165) is 5.92 Å². The van der Waals surface area contributed by atoms with Gasteiger partial charge in [0.1, 0.15) is 0 Å². The minimum absolute atomic E-state index is 0.334. The van der Waals surface area contributed by atoms with Crippen molar-refractivity contribution in [1.29, 1.82) is 0 Å². The van der Waals surface area contributed by atoms with Crippen LogP contribution in [0.1, 0.15) is 67.2 Å². The Balaban J connectivity index is 1.50. The highest BCUT2D eigenvalue weighted by Crippen LogP contribution is 2.47. The van der Waals surface area contributed by atoms with E-state index in [0.29, 0.717) is 16.6 Å². The first-order valence-corrected chi connectivity index (χ1v) is 9.85. The zero-order valence-electron chi connectivity index (χ0n) is 16.5. The Morgan fingerprint density at radius 2 is 1.43 bits per heavy atom. The van der Waals surface area contributed by atoms with Crippen LogP contribution in [0.15, 0.2) is 0 Å². The molecule has 0 aromatic carbocycles. The Kier molecular flexibility index (Phi) is 4.61. The second-order valence-corrected chi connectivity index (χ2v) is 10.4. The summed E-state index contributed by atoms with van der Waals surface area (Å²) in [4.78, 5) is 8.27. The molecule has 3 heteroatoms. The Hall–Kier alpha value is -0.120. The van der Waals surface area contributed by atoms with E-state index >= 15 is 0 Å². The maximum absolute atomic E-state index is 2.80. The Labute approximate surface area is 144 Å². The van der Waals surface area contributed by atoms with Crippen LogP contribution in [-0.2, 0) is 0 Å². The molecule has 0 radical (unpaired) electrons. The monoisotopic (exact) mass is 321 g/mol. The second-order valence-electron chi connectivity index (χ2n) is 10.4. The molecule has 3 rings (SSSR count). The maximum Gasteiger partial charge on any atom is 0.0343 e. The molecule has 0 aromatic heterocycles. The van der Waals surface area contributed by atoms with E-state index in [9.17, 15) is 0 Å². The molecule has 1 aliphatic carbocycles. The molecule has 0 bridgehead atoms. The molecule has 1 saturated carbocycles. The fourth-order valence-electron chi connectivity index (χ4n) is 4.99. The third kappa shape index (κ3) is 3.93. The minimum Gasteiger partial charge on any atom is -0.300 e. The topological polar surface area (TPSA) is 9.72 Å². The molecule has 0 aromatic rings. The van der Waals surface area contributed by atoms with Crippen LogP contribution in [0.5, 0.6) is 0 Å². The predicted octanol–water partition coefficient (Wildman–Crippen LogP) is 3.45. The molecular formula is C20H39N3. The van der Waals surface area contributed by atoms with Crippen LogP contribution in [0.4, 0.5) is 0 Å². The lowest BCUT2D eigenvalue weighted by atomic mass is 9.91. The van der Waals surface area contributed by atoms with Crippen molar-refractivity contribution < 1.29 is 0 Å². The smallest absolute Gasteiger partial charge is 0.0343 e. The lowest BCUT2D eigenvalue weighted by Gasteiger charge is -2.50. The van der Waals surface area contributed by atoms with Crippen LogP contribution in [0.3, 0.4) is 0 Å². The first-order valence-electron chi connectivity index (χ1n) is 9.85. The average molecular weight is 322 g/mol. The molecule has 0 atom stereocenters. The number of hydrogen-bond acceptors (Lipinski definition) is 3.